The first-order chi connectivity index (χ1) is 9.35. The van der Waals surface area contributed by atoms with Crippen LogP contribution in [0.5, 0.6) is 0 Å². The normalized spacial score (nSPS) is 12.4. The average Bonchev–Trinajstić information content (AvgIpc) is 2.73. The van der Waals surface area contributed by atoms with E-state index in [1.165, 1.54) is 7.11 Å². The minimum atomic E-state index is -0.916. The van der Waals surface area contributed by atoms with E-state index in [0.29, 0.717) is 17.5 Å². The number of esters is 1. The summed E-state index contributed by atoms with van der Waals surface area (Å²) in [5.74, 6) is -1.04. The molecule has 0 aliphatic carbocycles. The summed E-state index contributed by atoms with van der Waals surface area (Å²) in [5.41, 5.74) is 0.746. The van der Waals surface area contributed by atoms with Gasteiger partial charge in [0, 0.05) is 6.20 Å². The number of hydrogen-bond acceptors (Lipinski definition) is 5. The summed E-state index contributed by atoms with van der Waals surface area (Å²) in [6, 6.07) is -0.475. The smallest absolute Gasteiger partial charge is 0.328 e. The largest absolute Gasteiger partial charge is 0.481 e. The van der Waals surface area contributed by atoms with Crippen LogP contribution in [0.2, 0.25) is 0 Å². The van der Waals surface area contributed by atoms with E-state index < -0.39 is 12.0 Å². The van der Waals surface area contributed by atoms with Crippen molar-refractivity contribution in [2.45, 2.75) is 38.4 Å². The van der Waals surface area contributed by atoms with E-state index in [2.05, 4.69) is 4.98 Å². The molecule has 6 nitrogen and oxygen atoms in total. The first kappa shape index (κ1) is 16.6. The molecule has 0 aromatic carbocycles. The number of nitrogens with zero attached hydrogens (tertiary/aromatic N) is 2. The lowest BCUT2D eigenvalue weighted by atomic mass is 10.0. The highest BCUT2D eigenvalue weighted by molar-refractivity contribution is 7.99. The van der Waals surface area contributed by atoms with Gasteiger partial charge in [0.15, 0.2) is 5.16 Å². The van der Waals surface area contributed by atoms with E-state index in [1.54, 1.807) is 10.8 Å². The summed E-state index contributed by atoms with van der Waals surface area (Å²) >= 11 is 1.10. The molecule has 1 aromatic heterocycles. The van der Waals surface area contributed by atoms with Crippen molar-refractivity contribution in [3.8, 4) is 0 Å². The van der Waals surface area contributed by atoms with Crippen LogP contribution in [0.1, 0.15) is 32.0 Å². The monoisotopic (exact) mass is 300 g/mol. The lowest BCUT2D eigenvalue weighted by molar-refractivity contribution is -0.145. The minimum absolute atomic E-state index is 0.0912. The molecule has 0 aliphatic rings. The summed E-state index contributed by atoms with van der Waals surface area (Å²) in [6.07, 6.45) is 2.37. The summed E-state index contributed by atoms with van der Waals surface area (Å²) in [7, 11) is 1.35. The van der Waals surface area contributed by atoms with Crippen molar-refractivity contribution in [1.82, 2.24) is 9.55 Å². The number of aryl methyl sites for hydroxylation is 1. The van der Waals surface area contributed by atoms with Gasteiger partial charge in [-0.15, -0.1) is 0 Å². The fraction of sp³-hybridized carbons (Fsp3) is 0.615. The Kier molecular flexibility index (Phi) is 6.06. The van der Waals surface area contributed by atoms with Gasteiger partial charge in [-0.25, -0.2) is 9.78 Å². The van der Waals surface area contributed by atoms with E-state index >= 15 is 0 Å². The van der Waals surface area contributed by atoms with Gasteiger partial charge in [0.05, 0.1) is 18.6 Å². The van der Waals surface area contributed by atoms with Crippen molar-refractivity contribution in [1.29, 1.82) is 0 Å². The maximum absolute atomic E-state index is 12.0. The fourth-order valence-corrected chi connectivity index (χ4v) is 2.65. The van der Waals surface area contributed by atoms with Crippen LogP contribution in [0.4, 0.5) is 0 Å². The Morgan fingerprint density at radius 1 is 1.50 bits per heavy atom. The van der Waals surface area contributed by atoms with Crippen molar-refractivity contribution in [3.63, 3.8) is 0 Å². The van der Waals surface area contributed by atoms with Gasteiger partial charge in [-0.3, -0.25) is 4.79 Å². The van der Waals surface area contributed by atoms with Gasteiger partial charge in [-0.2, -0.15) is 0 Å². The van der Waals surface area contributed by atoms with Crippen molar-refractivity contribution in [3.05, 3.63) is 11.9 Å². The third-order valence-electron chi connectivity index (χ3n) is 2.65. The topological polar surface area (TPSA) is 81.4 Å². The van der Waals surface area contributed by atoms with Crippen molar-refractivity contribution in [2.24, 2.45) is 5.92 Å². The predicted octanol–water partition coefficient (Wildman–Crippen LogP) is 2.13. The van der Waals surface area contributed by atoms with Crippen molar-refractivity contribution in [2.75, 3.05) is 12.9 Å². The Labute approximate surface area is 122 Å². The van der Waals surface area contributed by atoms with E-state index in [9.17, 15) is 9.59 Å². The van der Waals surface area contributed by atoms with Gasteiger partial charge in [0.25, 0.3) is 0 Å². The predicted molar refractivity (Wildman–Crippen MR) is 75.8 cm³/mol. The second kappa shape index (κ2) is 7.33. The molecule has 0 aliphatic heterocycles. The number of carbonyl (C=O) groups is 2. The molecule has 20 heavy (non-hydrogen) atoms. The van der Waals surface area contributed by atoms with Crippen molar-refractivity contribution >= 4 is 23.7 Å². The maximum atomic E-state index is 12.0. The van der Waals surface area contributed by atoms with Crippen LogP contribution in [0.3, 0.4) is 0 Å². The van der Waals surface area contributed by atoms with Crippen LogP contribution < -0.4 is 0 Å². The molecular weight excluding hydrogens is 280 g/mol. The molecule has 0 saturated carbocycles. The first-order valence-corrected chi connectivity index (χ1v) is 7.31. The molecular formula is C13H20N2O4S. The summed E-state index contributed by atoms with van der Waals surface area (Å²) < 4.78 is 6.56. The molecule has 0 saturated heterocycles. The zero-order valence-corrected chi connectivity index (χ0v) is 12.9. The number of aromatic nitrogens is 2. The molecule has 0 fully saturated rings. The molecule has 1 unspecified atom stereocenters. The summed E-state index contributed by atoms with van der Waals surface area (Å²) in [5, 5.41) is 9.29. The third kappa shape index (κ3) is 4.56. The third-order valence-corrected chi connectivity index (χ3v) is 3.60. The van der Waals surface area contributed by atoms with Gasteiger partial charge in [0.2, 0.25) is 0 Å². The molecule has 7 heteroatoms. The van der Waals surface area contributed by atoms with Crippen LogP contribution >= 0.6 is 11.8 Å². The lowest BCUT2D eigenvalue weighted by Gasteiger charge is -2.19. The van der Waals surface area contributed by atoms with E-state index in [4.69, 9.17) is 9.84 Å². The molecule has 0 spiro atoms. The highest BCUT2D eigenvalue weighted by Gasteiger charge is 2.25. The number of aliphatic carboxylic acids is 1. The number of ether oxygens (including phenoxy) is 1. The van der Waals surface area contributed by atoms with Crippen LogP contribution in [-0.2, 0) is 14.3 Å². The Bertz CT molecular complexity index is 485. The second-order valence-corrected chi connectivity index (χ2v) is 5.87. The summed E-state index contributed by atoms with van der Waals surface area (Å²) in [4.78, 5) is 26.9. The zero-order valence-electron chi connectivity index (χ0n) is 12.1. The van der Waals surface area contributed by atoms with Gasteiger partial charge < -0.3 is 14.4 Å². The second-order valence-electron chi connectivity index (χ2n) is 4.92. The number of imidazole rings is 1. The maximum Gasteiger partial charge on any atom is 0.328 e. The zero-order chi connectivity index (χ0) is 15.3. The molecule has 1 heterocycles. The number of hydrogen-bond donors (Lipinski definition) is 1. The quantitative estimate of drug-likeness (QED) is 0.613. The van der Waals surface area contributed by atoms with Crippen LogP contribution in [0, 0.1) is 12.8 Å². The number of carbonyl (C=O) groups excluding carboxylic acids is 1. The van der Waals surface area contributed by atoms with Gasteiger partial charge in [0.1, 0.15) is 6.04 Å². The van der Waals surface area contributed by atoms with Crippen LogP contribution in [0.15, 0.2) is 11.4 Å². The molecule has 0 bridgehead atoms. The lowest BCUT2D eigenvalue weighted by Crippen LogP contribution is -2.23. The molecule has 0 amide bonds. The summed E-state index contributed by atoms with van der Waals surface area (Å²) in [6.45, 7) is 5.85. The SMILES string of the molecule is COC(=O)C(CC(C)C)n1cc(C)nc1SCC(=O)O. The number of methoxy groups -OCH3 is 1. The first-order valence-electron chi connectivity index (χ1n) is 6.33. The van der Waals surface area contributed by atoms with Gasteiger partial charge in [-0.1, -0.05) is 25.6 Å². The van der Waals surface area contributed by atoms with E-state index in [0.717, 1.165) is 17.5 Å². The molecule has 112 valence electrons. The molecule has 1 N–H and O–H groups in total. The Balaban J connectivity index is 3.05. The standard InChI is InChI=1S/C13H20N2O4S/c1-8(2)5-10(12(18)19-4)15-6-9(3)14-13(15)20-7-11(16)17/h6,8,10H,5,7H2,1-4H3,(H,16,17). The van der Waals surface area contributed by atoms with Crippen LogP contribution in [-0.4, -0.2) is 39.5 Å². The number of rotatable bonds is 7. The van der Waals surface area contributed by atoms with Gasteiger partial charge in [-0.05, 0) is 19.3 Å². The highest BCUT2D eigenvalue weighted by atomic mass is 32.2. The number of carboxylic acid groups (broad SMARTS) is 1. The van der Waals surface area contributed by atoms with Crippen molar-refractivity contribution < 1.29 is 19.4 Å². The molecule has 0 radical (unpaired) electrons. The molecule has 1 atom stereocenters. The Hall–Kier alpha value is -1.50. The average molecular weight is 300 g/mol. The highest BCUT2D eigenvalue weighted by Crippen LogP contribution is 2.26. The number of carboxylic acids is 1. The van der Waals surface area contributed by atoms with E-state index in [1.807, 2.05) is 20.8 Å². The van der Waals surface area contributed by atoms with E-state index in [-0.39, 0.29) is 11.7 Å². The molecule has 1 aromatic rings. The Morgan fingerprint density at radius 3 is 2.65 bits per heavy atom. The minimum Gasteiger partial charge on any atom is -0.481 e. The fourth-order valence-electron chi connectivity index (χ4n) is 1.86. The van der Waals surface area contributed by atoms with Crippen LogP contribution in [0.25, 0.3) is 0 Å². The van der Waals surface area contributed by atoms with Gasteiger partial charge >= 0.3 is 11.9 Å². The molecule has 1 rings (SSSR count). The number of thioether (sulfide) groups is 1. The Morgan fingerprint density at radius 2 is 2.15 bits per heavy atom.